The highest BCUT2D eigenvalue weighted by Crippen LogP contribution is 2.34. The van der Waals surface area contributed by atoms with Gasteiger partial charge in [-0.1, -0.05) is 6.07 Å². The zero-order valence-electron chi connectivity index (χ0n) is 17.1. The quantitative estimate of drug-likeness (QED) is 0.572. The van der Waals surface area contributed by atoms with E-state index in [1.165, 1.54) is 37.4 Å². The van der Waals surface area contributed by atoms with Crippen molar-refractivity contribution in [2.45, 2.75) is 22.8 Å². The molecule has 3 rings (SSSR count). The lowest BCUT2D eigenvalue weighted by Crippen LogP contribution is -2.46. The first-order valence-electron chi connectivity index (χ1n) is 9.86. The van der Waals surface area contributed by atoms with Gasteiger partial charge in [0.15, 0.2) is 0 Å². The van der Waals surface area contributed by atoms with Gasteiger partial charge >= 0.3 is 6.61 Å². The molecule has 0 atom stereocenters. The van der Waals surface area contributed by atoms with Crippen LogP contribution in [0.2, 0.25) is 0 Å². The van der Waals surface area contributed by atoms with Gasteiger partial charge < -0.3 is 14.4 Å². The van der Waals surface area contributed by atoms with Gasteiger partial charge in [-0.3, -0.25) is 9.29 Å². The van der Waals surface area contributed by atoms with Crippen molar-refractivity contribution >= 4 is 15.5 Å². The van der Waals surface area contributed by atoms with Gasteiger partial charge in [-0.2, -0.15) is 8.78 Å². The molecule has 2 aromatic carbocycles. The van der Waals surface area contributed by atoms with Crippen LogP contribution in [0.15, 0.2) is 52.3 Å². The third-order valence-corrected chi connectivity index (χ3v) is 6.87. The second-order valence-corrected chi connectivity index (χ2v) is 9.01. The van der Waals surface area contributed by atoms with Gasteiger partial charge in [0.1, 0.15) is 11.5 Å². The summed E-state index contributed by atoms with van der Waals surface area (Å²) in [6.45, 7) is 0.0347. The molecule has 0 bridgehead atoms. The van der Waals surface area contributed by atoms with Gasteiger partial charge in [0, 0.05) is 32.7 Å². The molecule has 0 aliphatic carbocycles. The summed E-state index contributed by atoms with van der Waals surface area (Å²) in [6.07, 6.45) is 0.491. The van der Waals surface area contributed by atoms with Crippen LogP contribution in [-0.4, -0.2) is 66.4 Å². The van der Waals surface area contributed by atoms with Crippen LogP contribution in [0.25, 0.3) is 0 Å². The van der Waals surface area contributed by atoms with E-state index in [1.54, 1.807) is 6.07 Å². The van der Waals surface area contributed by atoms with E-state index in [4.69, 9.17) is 4.74 Å². The molecule has 1 heterocycles. The number of anilines is 1. The Kier molecular flexibility index (Phi) is 7.66. The minimum absolute atomic E-state index is 0.0253. The number of sulfone groups is 1. The van der Waals surface area contributed by atoms with Crippen molar-refractivity contribution in [1.82, 2.24) is 4.90 Å². The number of rotatable bonds is 9. The number of hydrogen-bond acceptors (Lipinski definition) is 6. The second-order valence-electron chi connectivity index (χ2n) is 7.06. The van der Waals surface area contributed by atoms with Crippen molar-refractivity contribution in [3.63, 3.8) is 0 Å². The number of nitrogens with zero attached hydrogens (tertiary/aromatic N) is 2. The molecule has 0 radical (unpaired) electrons. The van der Waals surface area contributed by atoms with E-state index >= 15 is 0 Å². The maximum absolute atomic E-state index is 13.1. The highest BCUT2D eigenvalue weighted by molar-refractivity contribution is 7.91. The van der Waals surface area contributed by atoms with Crippen LogP contribution in [0, 0.1) is 0 Å². The van der Waals surface area contributed by atoms with Crippen molar-refractivity contribution in [2.75, 3.05) is 51.4 Å². The maximum atomic E-state index is 13.1. The van der Waals surface area contributed by atoms with Crippen LogP contribution in [0.4, 0.5) is 18.9 Å². The summed E-state index contributed by atoms with van der Waals surface area (Å²) >= 11 is 0. The molecule has 1 aliphatic rings. The molecule has 31 heavy (non-hydrogen) atoms. The van der Waals surface area contributed by atoms with Gasteiger partial charge in [-0.25, -0.2) is 8.42 Å². The Labute approximate surface area is 180 Å². The van der Waals surface area contributed by atoms with Crippen LogP contribution in [0.5, 0.6) is 11.5 Å². The minimum Gasteiger partial charge on any atom is -0.495 e. The number of piperazine rings is 1. The van der Waals surface area contributed by atoms with E-state index in [9.17, 15) is 21.6 Å². The molecule has 6 nitrogen and oxygen atoms in total. The predicted molar refractivity (Wildman–Crippen MR) is 111 cm³/mol. The molecule has 1 aliphatic heterocycles. The lowest BCUT2D eigenvalue weighted by molar-refractivity contribution is -0.0499. The van der Waals surface area contributed by atoms with E-state index in [0.29, 0.717) is 37.5 Å². The molecule has 0 amide bonds. The van der Waals surface area contributed by atoms with Crippen molar-refractivity contribution < 1.29 is 31.1 Å². The SMILES string of the molecule is COc1ccc(S(=O)(=O)c2cccc(OC(F)F)c2)cc1N1CCN(CCCF)CC1. The molecular formula is C21H25F3N2O4S. The molecular weight excluding hydrogens is 433 g/mol. The number of benzene rings is 2. The first-order chi connectivity index (χ1) is 14.8. The lowest BCUT2D eigenvalue weighted by atomic mass is 10.2. The van der Waals surface area contributed by atoms with E-state index in [1.807, 2.05) is 4.90 Å². The fourth-order valence-electron chi connectivity index (χ4n) is 3.53. The largest absolute Gasteiger partial charge is 0.495 e. The molecule has 1 fully saturated rings. The maximum Gasteiger partial charge on any atom is 0.387 e. The third kappa shape index (κ3) is 5.62. The standard InChI is InChI=1S/C21H25F3N2O4S/c1-29-20-7-6-18(15-19(20)26-12-10-25(11-13-26)9-3-8-22)31(27,28)17-5-2-4-16(14-17)30-21(23)24/h2,4-7,14-15,21H,3,8-13H2,1H3. The average Bonchev–Trinajstić information content (AvgIpc) is 2.77. The van der Waals surface area contributed by atoms with Crippen LogP contribution in [-0.2, 0) is 9.84 Å². The van der Waals surface area contributed by atoms with E-state index in [-0.39, 0.29) is 22.2 Å². The fourth-order valence-corrected chi connectivity index (χ4v) is 4.85. The second kappa shape index (κ2) is 10.2. The van der Waals surface area contributed by atoms with Gasteiger partial charge in [-0.15, -0.1) is 0 Å². The van der Waals surface area contributed by atoms with E-state index in [2.05, 4.69) is 9.64 Å². The molecule has 10 heteroatoms. The summed E-state index contributed by atoms with van der Waals surface area (Å²) < 4.78 is 73.4. The van der Waals surface area contributed by atoms with Crippen molar-refractivity contribution in [2.24, 2.45) is 0 Å². The molecule has 2 aromatic rings. The molecule has 1 saturated heterocycles. The van der Waals surface area contributed by atoms with Gasteiger partial charge in [0.25, 0.3) is 0 Å². The Morgan fingerprint density at radius 3 is 2.39 bits per heavy atom. The van der Waals surface area contributed by atoms with Gasteiger partial charge in [0.2, 0.25) is 9.84 Å². The van der Waals surface area contributed by atoms with Crippen molar-refractivity contribution in [1.29, 1.82) is 0 Å². The zero-order chi connectivity index (χ0) is 22.4. The molecule has 0 N–H and O–H groups in total. The first kappa shape index (κ1) is 23.2. The summed E-state index contributed by atoms with van der Waals surface area (Å²) in [7, 11) is -2.46. The normalized spacial score (nSPS) is 15.3. The number of halogens is 3. The topological polar surface area (TPSA) is 59.1 Å². The van der Waals surface area contributed by atoms with Crippen molar-refractivity contribution in [3.05, 3.63) is 42.5 Å². The Bertz CT molecular complexity index is 980. The van der Waals surface area contributed by atoms with E-state index in [0.717, 1.165) is 19.2 Å². The molecule has 0 unspecified atom stereocenters. The fraction of sp³-hybridized carbons (Fsp3) is 0.429. The van der Waals surface area contributed by atoms with Gasteiger partial charge in [0.05, 0.1) is 29.3 Å². The molecule has 170 valence electrons. The van der Waals surface area contributed by atoms with Crippen LogP contribution in [0.1, 0.15) is 6.42 Å². The minimum atomic E-state index is -3.97. The first-order valence-corrected chi connectivity index (χ1v) is 11.3. The Balaban J connectivity index is 1.86. The number of methoxy groups -OCH3 is 1. The highest BCUT2D eigenvalue weighted by Gasteiger charge is 2.24. The van der Waals surface area contributed by atoms with Crippen LogP contribution in [0.3, 0.4) is 0 Å². The zero-order valence-corrected chi connectivity index (χ0v) is 18.0. The summed E-state index contributed by atoms with van der Waals surface area (Å²) in [5, 5.41) is 0. The third-order valence-electron chi connectivity index (χ3n) is 5.12. The Hall–Kier alpha value is -2.46. The molecule has 0 saturated carbocycles. The van der Waals surface area contributed by atoms with Crippen molar-refractivity contribution in [3.8, 4) is 11.5 Å². The number of alkyl halides is 3. The predicted octanol–water partition coefficient (Wildman–Crippen LogP) is 3.61. The smallest absolute Gasteiger partial charge is 0.387 e. The summed E-state index contributed by atoms with van der Waals surface area (Å²) in [5.74, 6) is 0.306. The molecule has 0 aromatic heterocycles. The lowest BCUT2D eigenvalue weighted by Gasteiger charge is -2.36. The van der Waals surface area contributed by atoms with Crippen LogP contribution >= 0.6 is 0 Å². The van der Waals surface area contributed by atoms with Crippen LogP contribution < -0.4 is 14.4 Å². The summed E-state index contributed by atoms with van der Waals surface area (Å²) in [4.78, 5) is 4.08. The Morgan fingerprint density at radius 1 is 1.03 bits per heavy atom. The number of hydrogen-bond donors (Lipinski definition) is 0. The van der Waals surface area contributed by atoms with Gasteiger partial charge in [-0.05, 0) is 42.8 Å². The molecule has 0 spiro atoms. The summed E-state index contributed by atoms with van der Waals surface area (Å²) in [6, 6.07) is 9.58. The monoisotopic (exact) mass is 458 g/mol. The van der Waals surface area contributed by atoms with E-state index < -0.39 is 16.4 Å². The Morgan fingerprint density at radius 2 is 1.74 bits per heavy atom. The summed E-state index contributed by atoms with van der Waals surface area (Å²) in [5.41, 5.74) is 0.633. The highest BCUT2D eigenvalue weighted by atomic mass is 32.2. The number of ether oxygens (including phenoxy) is 2. The average molecular weight is 459 g/mol.